The molecule has 8 heteroatoms. The molecule has 132 valence electrons. The van der Waals surface area contributed by atoms with Crippen LogP contribution in [0.1, 0.15) is 24.5 Å². The molecule has 1 aromatic heterocycles. The van der Waals surface area contributed by atoms with Gasteiger partial charge in [-0.25, -0.2) is 0 Å². The van der Waals surface area contributed by atoms with Crippen molar-refractivity contribution in [1.29, 1.82) is 0 Å². The quantitative estimate of drug-likeness (QED) is 0.783. The fraction of sp³-hybridized carbons (Fsp3) is 0.412. The Balaban J connectivity index is 1.56. The average molecular weight is 344 g/mol. The number of nitrogens with one attached hydrogen (secondary N) is 1. The van der Waals surface area contributed by atoms with E-state index in [0.717, 1.165) is 5.75 Å². The van der Waals surface area contributed by atoms with Gasteiger partial charge in [-0.05, 0) is 18.1 Å². The number of ether oxygens (including phenoxy) is 1. The van der Waals surface area contributed by atoms with Crippen LogP contribution in [0.25, 0.3) is 0 Å². The molecule has 1 aliphatic heterocycles. The summed E-state index contributed by atoms with van der Waals surface area (Å²) in [4.78, 5) is 25.2. The summed E-state index contributed by atoms with van der Waals surface area (Å²) in [7, 11) is 0. The van der Waals surface area contributed by atoms with Crippen LogP contribution in [0.5, 0.6) is 5.75 Å². The summed E-state index contributed by atoms with van der Waals surface area (Å²) in [6, 6.07) is 9.32. The third-order valence-corrected chi connectivity index (χ3v) is 4.37. The number of aliphatic carboxylic acids is 1. The highest BCUT2D eigenvalue weighted by molar-refractivity contribution is 5.77. The Morgan fingerprint density at radius 3 is 2.76 bits per heavy atom. The first-order valence-corrected chi connectivity index (χ1v) is 8.16. The van der Waals surface area contributed by atoms with Crippen LogP contribution in [0.3, 0.4) is 0 Å². The Kier molecular flexibility index (Phi) is 5.27. The van der Waals surface area contributed by atoms with E-state index in [0.29, 0.717) is 18.8 Å². The SMILES string of the molecule is O=C(O)C[C@@H]1CN(C(=O)CCOc2ccccc2)C[C@@H]1c1cn[nH]n1. The molecule has 1 aromatic carbocycles. The van der Waals surface area contributed by atoms with Crippen LogP contribution in [-0.2, 0) is 9.59 Å². The minimum Gasteiger partial charge on any atom is -0.493 e. The van der Waals surface area contributed by atoms with E-state index in [1.165, 1.54) is 0 Å². The van der Waals surface area contributed by atoms with E-state index in [2.05, 4.69) is 15.4 Å². The standard InChI is InChI=1S/C17H20N4O4/c22-16(6-7-25-13-4-2-1-3-5-13)21-10-12(8-17(23)24)14(11-21)15-9-18-20-19-15/h1-5,9,12,14H,6-8,10-11H2,(H,23,24)(H,18,19,20)/t12-,14+/m1/s1. The maximum Gasteiger partial charge on any atom is 0.303 e. The van der Waals surface area contributed by atoms with Gasteiger partial charge in [0.05, 0.1) is 31.3 Å². The van der Waals surface area contributed by atoms with Crippen LogP contribution >= 0.6 is 0 Å². The number of carbonyl (C=O) groups excluding carboxylic acids is 1. The van der Waals surface area contributed by atoms with E-state index in [-0.39, 0.29) is 37.2 Å². The minimum absolute atomic E-state index is 0.00181. The Bertz CT molecular complexity index is 705. The lowest BCUT2D eigenvalue weighted by Gasteiger charge is -2.16. The first-order chi connectivity index (χ1) is 12.1. The molecule has 1 fully saturated rings. The number of carboxylic acids is 1. The van der Waals surface area contributed by atoms with E-state index in [1.54, 1.807) is 11.1 Å². The topological polar surface area (TPSA) is 108 Å². The largest absolute Gasteiger partial charge is 0.493 e. The van der Waals surface area contributed by atoms with Crippen LogP contribution < -0.4 is 4.74 Å². The third kappa shape index (κ3) is 4.34. The zero-order valence-electron chi connectivity index (χ0n) is 13.7. The van der Waals surface area contributed by atoms with Crippen LogP contribution in [0.2, 0.25) is 0 Å². The van der Waals surface area contributed by atoms with Crippen molar-refractivity contribution in [2.24, 2.45) is 5.92 Å². The number of carboxylic acid groups (broad SMARTS) is 1. The summed E-state index contributed by atoms with van der Waals surface area (Å²) < 4.78 is 5.56. The van der Waals surface area contributed by atoms with Crippen molar-refractivity contribution < 1.29 is 19.4 Å². The number of likely N-dealkylation sites (tertiary alicyclic amines) is 1. The van der Waals surface area contributed by atoms with Gasteiger partial charge < -0.3 is 14.7 Å². The predicted molar refractivity (Wildman–Crippen MR) is 88.0 cm³/mol. The minimum atomic E-state index is -0.875. The molecule has 8 nitrogen and oxygen atoms in total. The second-order valence-corrected chi connectivity index (χ2v) is 6.07. The highest BCUT2D eigenvalue weighted by Crippen LogP contribution is 2.33. The Labute approximate surface area is 144 Å². The summed E-state index contributed by atoms with van der Waals surface area (Å²) in [6.07, 6.45) is 1.84. The number of carbonyl (C=O) groups is 2. The van der Waals surface area contributed by atoms with E-state index >= 15 is 0 Å². The Morgan fingerprint density at radius 1 is 1.28 bits per heavy atom. The molecule has 0 aliphatic carbocycles. The number of rotatable bonds is 7. The molecule has 2 aromatic rings. The fourth-order valence-corrected chi connectivity index (χ4v) is 3.16. The van der Waals surface area contributed by atoms with Gasteiger partial charge in [0, 0.05) is 19.0 Å². The number of amides is 1. The number of benzene rings is 1. The third-order valence-electron chi connectivity index (χ3n) is 4.37. The summed E-state index contributed by atoms with van der Waals surface area (Å²) in [5, 5.41) is 19.5. The number of aromatic nitrogens is 3. The summed E-state index contributed by atoms with van der Waals surface area (Å²) in [6.45, 7) is 1.15. The number of hydrogen-bond donors (Lipinski definition) is 2. The van der Waals surface area contributed by atoms with Gasteiger partial charge in [-0.2, -0.15) is 15.4 Å². The zero-order chi connectivity index (χ0) is 17.6. The zero-order valence-corrected chi connectivity index (χ0v) is 13.7. The number of H-pyrrole nitrogens is 1. The summed E-state index contributed by atoms with van der Waals surface area (Å²) >= 11 is 0. The lowest BCUT2D eigenvalue weighted by molar-refractivity contribution is -0.138. The van der Waals surface area contributed by atoms with E-state index < -0.39 is 5.97 Å². The average Bonchev–Trinajstić information content (AvgIpc) is 3.24. The first kappa shape index (κ1) is 16.9. The highest BCUT2D eigenvalue weighted by Gasteiger charge is 2.38. The molecule has 0 radical (unpaired) electrons. The summed E-state index contributed by atoms with van der Waals surface area (Å²) in [5.41, 5.74) is 0.696. The predicted octanol–water partition coefficient (Wildman–Crippen LogP) is 1.29. The molecule has 0 saturated carbocycles. The molecule has 1 saturated heterocycles. The van der Waals surface area contributed by atoms with Gasteiger partial charge in [-0.3, -0.25) is 9.59 Å². The molecule has 2 N–H and O–H groups in total. The lowest BCUT2D eigenvalue weighted by atomic mass is 9.91. The number of aromatic amines is 1. The van der Waals surface area contributed by atoms with Gasteiger partial charge in [-0.1, -0.05) is 18.2 Å². The molecule has 1 amide bonds. The number of para-hydroxylation sites is 1. The van der Waals surface area contributed by atoms with Crippen molar-refractivity contribution in [2.75, 3.05) is 19.7 Å². The molecule has 0 bridgehead atoms. The van der Waals surface area contributed by atoms with Crippen molar-refractivity contribution in [1.82, 2.24) is 20.3 Å². The Morgan fingerprint density at radius 2 is 2.08 bits per heavy atom. The lowest BCUT2D eigenvalue weighted by Crippen LogP contribution is -2.30. The van der Waals surface area contributed by atoms with Gasteiger partial charge in [0.2, 0.25) is 5.91 Å². The van der Waals surface area contributed by atoms with Crippen molar-refractivity contribution in [3.63, 3.8) is 0 Å². The maximum atomic E-state index is 12.4. The number of hydrogen-bond acceptors (Lipinski definition) is 5. The monoisotopic (exact) mass is 344 g/mol. The van der Waals surface area contributed by atoms with Crippen LogP contribution in [0.15, 0.2) is 36.5 Å². The van der Waals surface area contributed by atoms with Gasteiger partial charge in [0.25, 0.3) is 0 Å². The van der Waals surface area contributed by atoms with Gasteiger partial charge in [0.15, 0.2) is 0 Å². The van der Waals surface area contributed by atoms with Gasteiger partial charge in [-0.15, -0.1) is 0 Å². The highest BCUT2D eigenvalue weighted by atomic mass is 16.5. The molecule has 0 spiro atoms. The molecule has 3 rings (SSSR count). The van der Waals surface area contributed by atoms with E-state index in [1.807, 2.05) is 30.3 Å². The van der Waals surface area contributed by atoms with E-state index in [4.69, 9.17) is 9.84 Å². The number of nitrogens with zero attached hydrogens (tertiary/aromatic N) is 3. The molecule has 2 atom stereocenters. The second kappa shape index (κ2) is 7.78. The fourth-order valence-electron chi connectivity index (χ4n) is 3.16. The smallest absolute Gasteiger partial charge is 0.303 e. The molecule has 25 heavy (non-hydrogen) atoms. The van der Waals surface area contributed by atoms with Crippen LogP contribution in [0, 0.1) is 5.92 Å². The van der Waals surface area contributed by atoms with Crippen molar-refractivity contribution in [3.05, 3.63) is 42.2 Å². The second-order valence-electron chi connectivity index (χ2n) is 6.07. The van der Waals surface area contributed by atoms with Crippen molar-refractivity contribution in [3.8, 4) is 5.75 Å². The van der Waals surface area contributed by atoms with Gasteiger partial charge in [0.1, 0.15) is 5.75 Å². The first-order valence-electron chi connectivity index (χ1n) is 8.16. The molecule has 0 unspecified atom stereocenters. The van der Waals surface area contributed by atoms with Crippen molar-refractivity contribution >= 4 is 11.9 Å². The van der Waals surface area contributed by atoms with Gasteiger partial charge >= 0.3 is 5.97 Å². The Hall–Kier alpha value is -2.90. The molecule has 2 heterocycles. The molecule has 1 aliphatic rings. The van der Waals surface area contributed by atoms with Crippen LogP contribution in [0.4, 0.5) is 0 Å². The molecular weight excluding hydrogens is 324 g/mol. The maximum absolute atomic E-state index is 12.4. The normalized spacial score (nSPS) is 19.8. The van der Waals surface area contributed by atoms with Crippen LogP contribution in [-0.4, -0.2) is 57.0 Å². The summed E-state index contributed by atoms with van der Waals surface area (Å²) in [5.74, 6) is -0.478. The molecular formula is C17H20N4O4. The van der Waals surface area contributed by atoms with E-state index in [9.17, 15) is 9.59 Å². The van der Waals surface area contributed by atoms with Crippen molar-refractivity contribution in [2.45, 2.75) is 18.8 Å².